The lowest BCUT2D eigenvalue weighted by molar-refractivity contribution is 0.660. The minimum absolute atomic E-state index is 0.177. The Labute approximate surface area is 421 Å². The van der Waals surface area contributed by atoms with Gasteiger partial charge in [-0.25, -0.2) is 0 Å². The molecule has 0 spiro atoms. The van der Waals surface area contributed by atoms with E-state index in [0.717, 1.165) is 116 Å². The number of furan rings is 3. The summed E-state index contributed by atoms with van der Waals surface area (Å²) in [4.78, 5) is 2.35. The van der Waals surface area contributed by atoms with Gasteiger partial charge in [0.05, 0.1) is 0 Å². The van der Waals surface area contributed by atoms with Crippen molar-refractivity contribution in [3.63, 3.8) is 0 Å². The third-order valence-electron chi connectivity index (χ3n) is 15.5. The molecule has 0 bridgehead atoms. The molecule has 0 fully saturated rings. The summed E-state index contributed by atoms with van der Waals surface area (Å²) in [5.41, 5.74) is 22.5. The van der Waals surface area contributed by atoms with Crippen molar-refractivity contribution in [2.45, 2.75) is 19.3 Å². The smallest absolute Gasteiger partial charge is 0.143 e. The SMILES string of the molecule is CC1(C)c2ccc(-c3ccc(N(c4ccc(-c5cccc6c5oc5ccccc56)cc4)c4cccc(-c5cccc6c5oc5ccccc56)c4)cc3)cc2-c2ccc(-c3cccc4c3oc3ccccc34)cc21. The topological polar surface area (TPSA) is 42.7 Å². The van der Waals surface area contributed by atoms with Gasteiger partial charge >= 0.3 is 0 Å². The molecule has 0 unspecified atom stereocenters. The second kappa shape index (κ2) is 15.8. The van der Waals surface area contributed by atoms with Crippen molar-refractivity contribution in [2.75, 3.05) is 4.90 Å². The lowest BCUT2D eigenvalue weighted by atomic mass is 9.81. The van der Waals surface area contributed by atoms with Crippen molar-refractivity contribution in [1.29, 1.82) is 0 Å². The van der Waals surface area contributed by atoms with Crippen LogP contribution in [0.15, 0.2) is 250 Å². The van der Waals surface area contributed by atoms with Crippen LogP contribution in [0, 0.1) is 0 Å². The molecule has 0 atom stereocenters. The highest BCUT2D eigenvalue weighted by molar-refractivity contribution is 6.12. The number of hydrogen-bond acceptors (Lipinski definition) is 4. The number of hydrogen-bond donors (Lipinski definition) is 0. The van der Waals surface area contributed by atoms with Gasteiger partial charge in [0.2, 0.25) is 0 Å². The van der Waals surface area contributed by atoms with E-state index in [1.807, 2.05) is 30.3 Å². The molecule has 0 aliphatic heterocycles. The van der Waals surface area contributed by atoms with Crippen molar-refractivity contribution < 1.29 is 13.3 Å². The van der Waals surface area contributed by atoms with Gasteiger partial charge in [0.25, 0.3) is 0 Å². The fourth-order valence-electron chi connectivity index (χ4n) is 11.9. The normalized spacial score (nSPS) is 12.9. The van der Waals surface area contributed by atoms with Gasteiger partial charge in [-0.15, -0.1) is 0 Å². The largest absolute Gasteiger partial charge is 0.455 e. The van der Waals surface area contributed by atoms with Crippen LogP contribution in [0.4, 0.5) is 17.1 Å². The molecule has 1 aliphatic carbocycles. The van der Waals surface area contributed by atoms with Gasteiger partial charge in [-0.3, -0.25) is 0 Å². The summed E-state index contributed by atoms with van der Waals surface area (Å²) >= 11 is 0. The summed E-state index contributed by atoms with van der Waals surface area (Å²) in [5, 5.41) is 6.77. The molecule has 0 N–H and O–H groups in total. The molecule has 0 saturated heterocycles. The summed E-state index contributed by atoms with van der Waals surface area (Å²) in [6.45, 7) is 4.70. The van der Waals surface area contributed by atoms with Crippen LogP contribution in [0.1, 0.15) is 25.0 Å². The molecule has 4 nitrogen and oxygen atoms in total. The van der Waals surface area contributed by atoms with Crippen LogP contribution in [0.25, 0.3) is 121 Å². The highest BCUT2D eigenvalue weighted by Crippen LogP contribution is 2.52. The first-order valence-corrected chi connectivity index (χ1v) is 25.0. The maximum Gasteiger partial charge on any atom is 0.143 e. The van der Waals surface area contributed by atoms with Crippen molar-refractivity contribution in [2.24, 2.45) is 0 Å². The van der Waals surface area contributed by atoms with Crippen LogP contribution in [0.2, 0.25) is 0 Å². The van der Waals surface area contributed by atoms with Crippen LogP contribution >= 0.6 is 0 Å². The Balaban J connectivity index is 0.809. The first-order valence-electron chi connectivity index (χ1n) is 25.0. The molecule has 15 rings (SSSR count). The summed E-state index contributed by atoms with van der Waals surface area (Å²) in [5.74, 6) is 0. The standard InChI is InChI=1S/C69H45NO3/c1-69(2)61-38-32-44(40-60(61)53-37-31-46(41-62(53)69)52-20-12-23-59-56-17-5-8-26-65(56)73-68(52)59)42-27-33-47(34-28-42)70(48-35-29-43(30-36-48)50-18-10-21-57-54-15-3-6-24-63(54)71-66(50)57)49-14-9-13-45(39-49)51-19-11-22-58-55-16-4-7-25-64(55)72-67(51)58/h3-41H,1-2H3. The van der Waals surface area contributed by atoms with Crippen LogP contribution in [-0.2, 0) is 5.41 Å². The number of rotatable bonds is 7. The summed E-state index contributed by atoms with van der Waals surface area (Å²) in [6.07, 6.45) is 0. The van der Waals surface area contributed by atoms with E-state index in [1.165, 1.54) is 33.4 Å². The third-order valence-corrected chi connectivity index (χ3v) is 15.5. The van der Waals surface area contributed by atoms with E-state index in [2.05, 4.69) is 225 Å². The first kappa shape index (κ1) is 41.4. The van der Waals surface area contributed by atoms with Crippen molar-refractivity contribution >= 4 is 82.9 Å². The molecule has 4 heteroatoms. The molecule has 73 heavy (non-hydrogen) atoms. The average molecular weight is 936 g/mol. The van der Waals surface area contributed by atoms with E-state index in [4.69, 9.17) is 13.3 Å². The molecule has 3 heterocycles. The van der Waals surface area contributed by atoms with Crippen LogP contribution in [0.3, 0.4) is 0 Å². The number of anilines is 3. The van der Waals surface area contributed by atoms with Crippen molar-refractivity contribution in [3.8, 4) is 55.6 Å². The predicted molar refractivity (Wildman–Crippen MR) is 302 cm³/mol. The lowest BCUT2D eigenvalue weighted by Crippen LogP contribution is -2.15. The molecule has 14 aromatic rings. The molecule has 0 radical (unpaired) electrons. The Hall–Kier alpha value is -9.38. The van der Waals surface area contributed by atoms with E-state index in [0.29, 0.717) is 0 Å². The van der Waals surface area contributed by atoms with E-state index in [-0.39, 0.29) is 5.41 Å². The van der Waals surface area contributed by atoms with Gasteiger partial charge in [-0.2, -0.15) is 0 Å². The van der Waals surface area contributed by atoms with Crippen LogP contribution < -0.4 is 4.90 Å². The van der Waals surface area contributed by atoms with Gasteiger partial charge in [0.1, 0.15) is 33.5 Å². The Morgan fingerprint density at radius 3 is 1.26 bits per heavy atom. The average Bonchev–Trinajstić information content (AvgIpc) is 4.19. The second-order valence-corrected chi connectivity index (χ2v) is 20.0. The predicted octanol–water partition coefficient (Wildman–Crippen LogP) is 19.8. The Morgan fingerprint density at radius 2 is 0.712 bits per heavy atom. The minimum atomic E-state index is -0.177. The maximum atomic E-state index is 6.55. The summed E-state index contributed by atoms with van der Waals surface area (Å²) in [6, 6.07) is 84.9. The van der Waals surface area contributed by atoms with E-state index >= 15 is 0 Å². The van der Waals surface area contributed by atoms with E-state index in [1.54, 1.807) is 0 Å². The summed E-state index contributed by atoms with van der Waals surface area (Å²) in [7, 11) is 0. The van der Waals surface area contributed by atoms with Gasteiger partial charge in [0.15, 0.2) is 0 Å². The number of benzene rings is 11. The highest BCUT2D eigenvalue weighted by Gasteiger charge is 2.36. The van der Waals surface area contributed by atoms with Crippen molar-refractivity contribution in [1.82, 2.24) is 0 Å². The summed E-state index contributed by atoms with van der Waals surface area (Å²) < 4.78 is 19.5. The molecule has 0 saturated carbocycles. The zero-order valence-electron chi connectivity index (χ0n) is 40.2. The first-order chi connectivity index (χ1) is 35.9. The van der Waals surface area contributed by atoms with Crippen LogP contribution in [-0.4, -0.2) is 0 Å². The molecule has 1 aliphatic rings. The van der Waals surface area contributed by atoms with Gasteiger partial charge < -0.3 is 18.2 Å². The highest BCUT2D eigenvalue weighted by atomic mass is 16.3. The molecule has 3 aromatic heterocycles. The second-order valence-electron chi connectivity index (χ2n) is 20.0. The van der Waals surface area contributed by atoms with Crippen molar-refractivity contribution in [3.05, 3.63) is 248 Å². The molecular formula is C69H45NO3. The van der Waals surface area contributed by atoms with Gasteiger partial charge in [-0.1, -0.05) is 184 Å². The number of fused-ring (bicyclic) bond motifs is 12. The number of nitrogens with zero attached hydrogens (tertiary/aromatic N) is 1. The molecule has 344 valence electrons. The van der Waals surface area contributed by atoms with Gasteiger partial charge in [0, 0.05) is 71.5 Å². The molecule has 0 amide bonds. The Kier molecular flexibility index (Phi) is 8.97. The number of para-hydroxylation sites is 6. The fourth-order valence-corrected chi connectivity index (χ4v) is 11.9. The monoisotopic (exact) mass is 935 g/mol. The lowest BCUT2D eigenvalue weighted by Gasteiger charge is -2.26. The zero-order chi connectivity index (χ0) is 48.4. The Morgan fingerprint density at radius 1 is 0.274 bits per heavy atom. The zero-order valence-corrected chi connectivity index (χ0v) is 40.2. The van der Waals surface area contributed by atoms with Crippen LogP contribution in [0.5, 0.6) is 0 Å². The Bertz CT molecular complexity index is 4530. The minimum Gasteiger partial charge on any atom is -0.455 e. The quantitative estimate of drug-likeness (QED) is 0.160. The maximum absolute atomic E-state index is 6.55. The third kappa shape index (κ3) is 6.40. The fraction of sp³-hybridized carbons (Fsp3) is 0.0435. The molecular weight excluding hydrogens is 891 g/mol. The van der Waals surface area contributed by atoms with E-state index in [9.17, 15) is 0 Å². The van der Waals surface area contributed by atoms with E-state index < -0.39 is 0 Å². The molecule has 11 aromatic carbocycles. The van der Waals surface area contributed by atoms with Gasteiger partial charge in [-0.05, 0) is 117 Å².